The maximum Gasteiger partial charge on any atom is 0.255 e. The van der Waals surface area contributed by atoms with Crippen LogP contribution < -0.4 is 10.1 Å². The molecule has 1 fully saturated rings. The molecule has 0 radical (unpaired) electrons. The molecule has 1 saturated carbocycles. The topological polar surface area (TPSA) is 77.5 Å². The minimum Gasteiger partial charge on any atom is -0.457 e. The summed E-state index contributed by atoms with van der Waals surface area (Å²) in [6.07, 6.45) is 2.26. The molecule has 1 aliphatic rings. The fourth-order valence-corrected chi connectivity index (χ4v) is 4.83. The molecule has 180 valence electrons. The Bertz CT molecular complexity index is 1560. The van der Waals surface area contributed by atoms with Crippen LogP contribution in [0.1, 0.15) is 46.1 Å². The molecule has 6 rings (SSSR count). The molecule has 6 nitrogen and oxygen atoms in total. The molecule has 0 atom stereocenters. The first-order valence-electron chi connectivity index (χ1n) is 12.1. The number of ether oxygens (including phenoxy) is 1. The largest absolute Gasteiger partial charge is 0.457 e. The predicted octanol–water partition coefficient (Wildman–Crippen LogP) is 7.40. The number of aromatic nitrogens is 1. The minimum absolute atomic E-state index is 0.180. The summed E-state index contributed by atoms with van der Waals surface area (Å²) in [5, 5.41) is 7.76. The molecule has 0 unspecified atom stereocenters. The van der Waals surface area contributed by atoms with E-state index in [1.807, 2.05) is 74.5 Å². The smallest absolute Gasteiger partial charge is 0.255 e. The summed E-state index contributed by atoms with van der Waals surface area (Å²) in [7, 11) is 1.64. The number of rotatable bonds is 6. The van der Waals surface area contributed by atoms with Crippen molar-refractivity contribution in [1.29, 1.82) is 0 Å². The average Bonchev–Trinajstić information content (AvgIpc) is 3.60. The predicted molar refractivity (Wildman–Crippen MR) is 139 cm³/mol. The number of benzene rings is 3. The van der Waals surface area contributed by atoms with Crippen LogP contribution in [-0.2, 0) is 0 Å². The van der Waals surface area contributed by atoms with Crippen LogP contribution in [0.15, 0.2) is 75.7 Å². The van der Waals surface area contributed by atoms with Gasteiger partial charge in [0.2, 0.25) is 0 Å². The number of furan rings is 1. The quantitative estimate of drug-likeness (QED) is 0.275. The zero-order valence-corrected chi connectivity index (χ0v) is 20.4. The van der Waals surface area contributed by atoms with Crippen LogP contribution in [0.4, 0.5) is 0 Å². The molecule has 0 saturated heterocycles. The van der Waals surface area contributed by atoms with E-state index in [4.69, 9.17) is 13.7 Å². The normalized spacial score (nSPS) is 13.2. The second-order valence-corrected chi connectivity index (χ2v) is 9.23. The SMILES string of the molecule is CNC(=O)c1c(-c2ccc(Oc3ccccc3)cc2)oc2cc(-c3c(C)noc3C)c(C3CC3)cc12. The average molecular weight is 479 g/mol. The minimum atomic E-state index is -0.180. The van der Waals surface area contributed by atoms with Gasteiger partial charge in [-0.1, -0.05) is 23.4 Å². The van der Waals surface area contributed by atoms with Crippen molar-refractivity contribution in [3.05, 3.63) is 89.3 Å². The Balaban J connectivity index is 1.48. The second-order valence-electron chi connectivity index (χ2n) is 9.23. The van der Waals surface area contributed by atoms with Crippen LogP contribution in [0.2, 0.25) is 0 Å². The van der Waals surface area contributed by atoms with Gasteiger partial charge in [0.1, 0.15) is 28.6 Å². The van der Waals surface area contributed by atoms with E-state index in [1.165, 1.54) is 5.56 Å². The fraction of sp³-hybridized carbons (Fsp3) is 0.200. The Morgan fingerprint density at radius 2 is 1.72 bits per heavy atom. The molecule has 36 heavy (non-hydrogen) atoms. The van der Waals surface area contributed by atoms with Crippen molar-refractivity contribution in [2.45, 2.75) is 32.6 Å². The van der Waals surface area contributed by atoms with Crippen molar-refractivity contribution in [3.63, 3.8) is 0 Å². The molecule has 5 aromatic rings. The molecule has 2 heterocycles. The van der Waals surface area contributed by atoms with Gasteiger partial charge in [0.05, 0.1) is 11.3 Å². The van der Waals surface area contributed by atoms with E-state index in [9.17, 15) is 4.79 Å². The number of carbonyl (C=O) groups is 1. The van der Waals surface area contributed by atoms with E-state index in [0.29, 0.717) is 28.6 Å². The lowest BCUT2D eigenvalue weighted by Gasteiger charge is -2.09. The highest BCUT2D eigenvalue weighted by molar-refractivity contribution is 6.12. The molecule has 0 spiro atoms. The van der Waals surface area contributed by atoms with Gasteiger partial charge in [0.25, 0.3) is 5.91 Å². The molecular formula is C30H26N2O4. The van der Waals surface area contributed by atoms with E-state index in [1.54, 1.807) is 7.05 Å². The zero-order valence-electron chi connectivity index (χ0n) is 20.4. The molecule has 1 amide bonds. The van der Waals surface area contributed by atoms with Gasteiger partial charge in [0, 0.05) is 23.6 Å². The van der Waals surface area contributed by atoms with Crippen molar-refractivity contribution in [2.24, 2.45) is 0 Å². The van der Waals surface area contributed by atoms with Gasteiger partial charge in [-0.05, 0) is 92.3 Å². The zero-order chi connectivity index (χ0) is 24.8. The Labute approximate surface area is 208 Å². The molecule has 1 N–H and O–H groups in total. The van der Waals surface area contributed by atoms with Crippen molar-refractivity contribution < 1.29 is 18.5 Å². The highest BCUT2D eigenvalue weighted by Crippen LogP contribution is 2.48. The summed E-state index contributed by atoms with van der Waals surface area (Å²) in [5.41, 5.74) is 6.13. The van der Waals surface area contributed by atoms with Gasteiger partial charge in [-0.25, -0.2) is 0 Å². The Hall–Kier alpha value is -4.32. The Morgan fingerprint density at radius 3 is 2.36 bits per heavy atom. The van der Waals surface area contributed by atoms with E-state index in [0.717, 1.165) is 52.1 Å². The van der Waals surface area contributed by atoms with Crippen molar-refractivity contribution in [3.8, 4) is 33.9 Å². The summed E-state index contributed by atoms with van der Waals surface area (Å²) < 4.78 is 17.8. The molecule has 6 heteroatoms. The van der Waals surface area contributed by atoms with Crippen LogP contribution in [-0.4, -0.2) is 18.1 Å². The molecule has 0 aliphatic heterocycles. The maximum atomic E-state index is 13.1. The van der Waals surface area contributed by atoms with Gasteiger partial charge in [-0.2, -0.15) is 0 Å². The van der Waals surface area contributed by atoms with Crippen molar-refractivity contribution in [2.75, 3.05) is 7.05 Å². The fourth-order valence-electron chi connectivity index (χ4n) is 4.83. The summed E-state index contributed by atoms with van der Waals surface area (Å²) in [6.45, 7) is 3.88. The van der Waals surface area contributed by atoms with Crippen LogP contribution in [0.5, 0.6) is 11.5 Å². The third kappa shape index (κ3) is 3.85. The first-order chi connectivity index (χ1) is 17.5. The van der Waals surface area contributed by atoms with Crippen molar-refractivity contribution >= 4 is 16.9 Å². The van der Waals surface area contributed by atoms with E-state index in [-0.39, 0.29) is 5.91 Å². The number of amides is 1. The monoisotopic (exact) mass is 478 g/mol. The Morgan fingerprint density at radius 1 is 1.00 bits per heavy atom. The Kier molecular flexibility index (Phi) is 5.37. The van der Waals surface area contributed by atoms with Gasteiger partial charge in [0.15, 0.2) is 0 Å². The molecule has 1 aliphatic carbocycles. The highest BCUT2D eigenvalue weighted by atomic mass is 16.5. The summed E-state index contributed by atoms with van der Waals surface area (Å²) in [6, 6.07) is 21.4. The molecule has 2 aromatic heterocycles. The van der Waals surface area contributed by atoms with Crippen LogP contribution in [0.25, 0.3) is 33.4 Å². The number of aryl methyl sites for hydroxylation is 2. The lowest BCUT2D eigenvalue weighted by Crippen LogP contribution is -2.18. The standard InChI is InChI=1S/C30H26N2O4/c1-17-27(18(2)36-32-17)24-16-26-25(15-23(24)19-9-10-19)28(30(33)31-3)29(35-26)20-11-13-22(14-12-20)34-21-7-5-4-6-8-21/h4-8,11-16,19H,9-10H2,1-3H3,(H,31,33). The van der Waals surface area contributed by atoms with E-state index in [2.05, 4.69) is 16.5 Å². The van der Waals surface area contributed by atoms with Crippen LogP contribution in [0, 0.1) is 13.8 Å². The number of carbonyl (C=O) groups excluding carboxylic acids is 1. The maximum absolute atomic E-state index is 13.1. The summed E-state index contributed by atoms with van der Waals surface area (Å²) in [5.74, 6) is 3.07. The number of para-hydroxylation sites is 1. The first kappa shape index (κ1) is 22.2. The molecular weight excluding hydrogens is 452 g/mol. The van der Waals surface area contributed by atoms with Gasteiger partial charge >= 0.3 is 0 Å². The summed E-state index contributed by atoms with van der Waals surface area (Å²) >= 11 is 0. The third-order valence-electron chi connectivity index (χ3n) is 6.73. The second kappa shape index (κ2) is 8.72. The third-order valence-corrected chi connectivity index (χ3v) is 6.73. The van der Waals surface area contributed by atoms with Gasteiger partial charge in [-0.3, -0.25) is 4.79 Å². The first-order valence-corrected chi connectivity index (χ1v) is 12.1. The van der Waals surface area contributed by atoms with Crippen LogP contribution >= 0.6 is 0 Å². The highest BCUT2D eigenvalue weighted by Gasteiger charge is 2.31. The number of nitrogens with one attached hydrogen (secondary N) is 1. The van der Waals surface area contributed by atoms with E-state index < -0.39 is 0 Å². The summed E-state index contributed by atoms with van der Waals surface area (Å²) in [4.78, 5) is 13.1. The van der Waals surface area contributed by atoms with Crippen LogP contribution in [0.3, 0.4) is 0 Å². The van der Waals surface area contributed by atoms with Crippen molar-refractivity contribution in [1.82, 2.24) is 10.5 Å². The van der Waals surface area contributed by atoms with E-state index >= 15 is 0 Å². The molecule has 3 aromatic carbocycles. The molecule has 0 bridgehead atoms. The number of nitrogens with zero attached hydrogens (tertiary/aromatic N) is 1. The number of hydrogen-bond donors (Lipinski definition) is 1. The lowest BCUT2D eigenvalue weighted by atomic mass is 9.93. The van der Waals surface area contributed by atoms with Gasteiger partial charge in [-0.15, -0.1) is 0 Å². The number of hydrogen-bond acceptors (Lipinski definition) is 5. The number of fused-ring (bicyclic) bond motifs is 1. The lowest BCUT2D eigenvalue weighted by molar-refractivity contribution is 0.0964. The van der Waals surface area contributed by atoms with Gasteiger partial charge < -0.3 is 19.0 Å².